The van der Waals surface area contributed by atoms with Gasteiger partial charge in [-0.3, -0.25) is 4.99 Å². The molecule has 0 saturated carbocycles. The van der Waals surface area contributed by atoms with Gasteiger partial charge in [0.05, 0.1) is 0 Å². The zero-order valence-electron chi connectivity index (χ0n) is 15.3. The highest BCUT2D eigenvalue weighted by atomic mass is 19.4. The standard InChI is InChI=1S/C19H23F3N4O/c1-26(2)16-9-5-14(6-10-16)4-3-13-24-18(23)25-15-7-11-17(12-8-15)27-19(20,21)22/h5-12H,3-4,13H2,1-2H3,(H3,23,24,25). The maximum Gasteiger partial charge on any atom is 0.573 e. The average molecular weight is 380 g/mol. The van der Waals surface area contributed by atoms with Crippen LogP contribution >= 0.6 is 0 Å². The van der Waals surface area contributed by atoms with E-state index in [2.05, 4.69) is 39.3 Å². The Labute approximate surface area is 156 Å². The van der Waals surface area contributed by atoms with Crippen molar-refractivity contribution in [3.8, 4) is 5.75 Å². The summed E-state index contributed by atoms with van der Waals surface area (Å²) in [6.45, 7) is 0.545. The van der Waals surface area contributed by atoms with E-state index in [0.29, 0.717) is 12.2 Å². The number of benzene rings is 2. The number of aryl methyl sites for hydroxylation is 1. The maximum atomic E-state index is 12.1. The first-order valence-electron chi connectivity index (χ1n) is 8.42. The Morgan fingerprint density at radius 2 is 1.70 bits per heavy atom. The number of anilines is 2. The Morgan fingerprint density at radius 1 is 1.07 bits per heavy atom. The zero-order valence-corrected chi connectivity index (χ0v) is 15.3. The molecule has 2 aromatic carbocycles. The lowest BCUT2D eigenvalue weighted by molar-refractivity contribution is -0.274. The summed E-state index contributed by atoms with van der Waals surface area (Å²) < 4.78 is 40.2. The molecule has 2 aromatic rings. The van der Waals surface area contributed by atoms with Gasteiger partial charge in [-0.05, 0) is 54.8 Å². The molecule has 146 valence electrons. The van der Waals surface area contributed by atoms with Crippen LogP contribution in [0.5, 0.6) is 5.75 Å². The van der Waals surface area contributed by atoms with Crippen molar-refractivity contribution >= 4 is 17.3 Å². The van der Waals surface area contributed by atoms with E-state index in [-0.39, 0.29) is 11.7 Å². The molecular weight excluding hydrogens is 357 g/mol. The van der Waals surface area contributed by atoms with Crippen molar-refractivity contribution in [2.45, 2.75) is 19.2 Å². The van der Waals surface area contributed by atoms with Crippen molar-refractivity contribution in [1.29, 1.82) is 0 Å². The van der Waals surface area contributed by atoms with Crippen LogP contribution in [-0.2, 0) is 6.42 Å². The first-order chi connectivity index (χ1) is 12.7. The van der Waals surface area contributed by atoms with Crippen LogP contribution in [0.4, 0.5) is 24.5 Å². The van der Waals surface area contributed by atoms with Crippen LogP contribution in [0.2, 0.25) is 0 Å². The Hall–Kier alpha value is -2.90. The third-order valence-electron chi connectivity index (χ3n) is 3.72. The van der Waals surface area contributed by atoms with E-state index in [1.165, 1.54) is 29.8 Å². The van der Waals surface area contributed by atoms with Gasteiger partial charge in [-0.15, -0.1) is 13.2 Å². The van der Waals surface area contributed by atoms with Gasteiger partial charge in [0.25, 0.3) is 0 Å². The molecule has 3 N–H and O–H groups in total. The van der Waals surface area contributed by atoms with Crippen molar-refractivity contribution in [1.82, 2.24) is 0 Å². The number of nitrogens with one attached hydrogen (secondary N) is 1. The number of aliphatic imine (C=N–C) groups is 1. The average Bonchev–Trinajstić information content (AvgIpc) is 2.59. The molecule has 0 heterocycles. The van der Waals surface area contributed by atoms with Crippen LogP contribution in [0.3, 0.4) is 0 Å². The number of nitrogens with zero attached hydrogens (tertiary/aromatic N) is 2. The van der Waals surface area contributed by atoms with Gasteiger partial charge in [0.2, 0.25) is 0 Å². The minimum Gasteiger partial charge on any atom is -0.406 e. The van der Waals surface area contributed by atoms with E-state index >= 15 is 0 Å². The molecule has 0 saturated heterocycles. The Bertz CT molecular complexity index is 741. The summed E-state index contributed by atoms with van der Waals surface area (Å²) in [5.41, 5.74) is 8.71. The van der Waals surface area contributed by atoms with Gasteiger partial charge in [-0.2, -0.15) is 0 Å². The predicted molar refractivity (Wildman–Crippen MR) is 102 cm³/mol. The van der Waals surface area contributed by atoms with Gasteiger partial charge >= 0.3 is 6.36 Å². The lowest BCUT2D eigenvalue weighted by Gasteiger charge is -2.12. The molecule has 0 aromatic heterocycles. The number of ether oxygens (including phenoxy) is 1. The summed E-state index contributed by atoms with van der Waals surface area (Å²) in [6.07, 6.45) is -2.99. The Morgan fingerprint density at radius 3 is 2.26 bits per heavy atom. The van der Waals surface area contributed by atoms with E-state index in [9.17, 15) is 13.2 Å². The van der Waals surface area contributed by atoms with Crippen LogP contribution in [0.15, 0.2) is 53.5 Å². The minimum absolute atomic E-state index is 0.211. The molecule has 0 fully saturated rings. The van der Waals surface area contributed by atoms with Crippen molar-refractivity contribution < 1.29 is 17.9 Å². The molecule has 0 radical (unpaired) electrons. The van der Waals surface area contributed by atoms with Crippen molar-refractivity contribution in [2.24, 2.45) is 10.7 Å². The molecule has 8 heteroatoms. The van der Waals surface area contributed by atoms with Gasteiger partial charge in [-0.1, -0.05) is 12.1 Å². The summed E-state index contributed by atoms with van der Waals surface area (Å²) >= 11 is 0. The number of halogens is 3. The van der Waals surface area contributed by atoms with Gasteiger partial charge < -0.3 is 20.7 Å². The predicted octanol–water partition coefficient (Wildman–Crippen LogP) is 4.01. The summed E-state index contributed by atoms with van der Waals surface area (Å²) in [7, 11) is 3.99. The van der Waals surface area contributed by atoms with Crippen LogP contribution in [0.1, 0.15) is 12.0 Å². The molecule has 0 amide bonds. The lowest BCUT2D eigenvalue weighted by Crippen LogP contribution is -2.23. The van der Waals surface area contributed by atoms with Crippen LogP contribution in [0.25, 0.3) is 0 Å². The molecule has 0 aliphatic rings. The van der Waals surface area contributed by atoms with Crippen LogP contribution in [0, 0.1) is 0 Å². The molecular formula is C19H23F3N4O. The number of rotatable bonds is 7. The smallest absolute Gasteiger partial charge is 0.406 e. The molecule has 0 aliphatic heterocycles. The van der Waals surface area contributed by atoms with E-state index < -0.39 is 6.36 Å². The quantitative estimate of drug-likeness (QED) is 0.433. The van der Waals surface area contributed by atoms with Gasteiger partial charge in [-0.25, -0.2) is 0 Å². The van der Waals surface area contributed by atoms with E-state index in [1.807, 2.05) is 19.0 Å². The topological polar surface area (TPSA) is 62.9 Å². The molecule has 0 bridgehead atoms. The maximum absolute atomic E-state index is 12.1. The highest BCUT2D eigenvalue weighted by Gasteiger charge is 2.30. The van der Waals surface area contributed by atoms with Crippen LogP contribution in [-0.4, -0.2) is 33.0 Å². The highest BCUT2D eigenvalue weighted by molar-refractivity contribution is 5.92. The van der Waals surface area contributed by atoms with Crippen molar-refractivity contribution in [3.05, 3.63) is 54.1 Å². The zero-order chi connectivity index (χ0) is 19.9. The fraction of sp³-hybridized carbons (Fsp3) is 0.316. The van der Waals surface area contributed by atoms with Gasteiger partial charge in [0.15, 0.2) is 5.96 Å². The third kappa shape index (κ3) is 7.47. The largest absolute Gasteiger partial charge is 0.573 e. The second-order valence-electron chi connectivity index (χ2n) is 6.13. The normalized spacial score (nSPS) is 12.0. The number of guanidine groups is 1. The second-order valence-corrected chi connectivity index (χ2v) is 6.13. The SMILES string of the molecule is CN(C)c1ccc(CCCN=C(N)Nc2ccc(OC(F)(F)F)cc2)cc1. The first-order valence-corrected chi connectivity index (χ1v) is 8.42. The number of hydrogen-bond donors (Lipinski definition) is 2. The fourth-order valence-corrected chi connectivity index (χ4v) is 2.37. The fourth-order valence-electron chi connectivity index (χ4n) is 2.37. The summed E-state index contributed by atoms with van der Waals surface area (Å²) in [5, 5.41) is 2.84. The van der Waals surface area contributed by atoms with E-state index in [4.69, 9.17) is 5.73 Å². The monoisotopic (exact) mass is 380 g/mol. The third-order valence-corrected chi connectivity index (χ3v) is 3.72. The van der Waals surface area contributed by atoms with E-state index in [0.717, 1.165) is 18.5 Å². The van der Waals surface area contributed by atoms with Gasteiger partial charge in [0.1, 0.15) is 5.75 Å². The molecule has 0 unspecified atom stereocenters. The molecule has 5 nitrogen and oxygen atoms in total. The number of alkyl halides is 3. The van der Waals surface area contributed by atoms with Gasteiger partial charge in [0, 0.05) is 32.0 Å². The minimum atomic E-state index is -4.71. The molecule has 27 heavy (non-hydrogen) atoms. The molecule has 0 atom stereocenters. The molecule has 0 spiro atoms. The molecule has 0 aliphatic carbocycles. The van der Waals surface area contributed by atoms with Crippen molar-refractivity contribution in [2.75, 3.05) is 30.9 Å². The lowest BCUT2D eigenvalue weighted by atomic mass is 10.1. The first kappa shape index (κ1) is 20.4. The van der Waals surface area contributed by atoms with Crippen LogP contribution < -0.4 is 20.7 Å². The summed E-state index contributed by atoms with van der Waals surface area (Å²) in [6, 6.07) is 13.6. The summed E-state index contributed by atoms with van der Waals surface area (Å²) in [5.74, 6) is -0.0775. The second kappa shape index (κ2) is 9.16. The number of nitrogens with two attached hydrogens (primary N) is 1. The van der Waals surface area contributed by atoms with Crippen molar-refractivity contribution in [3.63, 3.8) is 0 Å². The number of hydrogen-bond acceptors (Lipinski definition) is 3. The molecule has 2 rings (SSSR count). The van der Waals surface area contributed by atoms with E-state index in [1.54, 1.807) is 0 Å². The summed E-state index contributed by atoms with van der Waals surface area (Å²) in [4.78, 5) is 6.27. The Balaban J connectivity index is 1.77. The highest BCUT2D eigenvalue weighted by Crippen LogP contribution is 2.23. The Kier molecular flexibility index (Phi) is 6.92.